The van der Waals surface area contributed by atoms with E-state index in [2.05, 4.69) is 23.7 Å². The molecule has 0 bridgehead atoms. The third-order valence-corrected chi connectivity index (χ3v) is 4.97. The number of nitro groups is 2. The van der Waals surface area contributed by atoms with Crippen molar-refractivity contribution in [1.82, 2.24) is 0 Å². The molecule has 0 aromatic heterocycles. The molecule has 0 amide bonds. The van der Waals surface area contributed by atoms with Gasteiger partial charge in [0, 0.05) is 52.1 Å². The fourth-order valence-corrected chi connectivity index (χ4v) is 3.29. The van der Waals surface area contributed by atoms with Crippen LogP contribution in [-0.2, 0) is 0 Å². The van der Waals surface area contributed by atoms with Crippen molar-refractivity contribution < 1.29 is 9.85 Å². The molecule has 0 atom stereocenters. The van der Waals surface area contributed by atoms with Crippen LogP contribution in [0.15, 0.2) is 97.1 Å². The molecule has 4 aromatic rings. The summed E-state index contributed by atoms with van der Waals surface area (Å²) in [5.41, 5.74) is 4.69. The van der Waals surface area contributed by atoms with E-state index in [1.807, 2.05) is 48.5 Å². The van der Waals surface area contributed by atoms with Crippen molar-refractivity contribution in [2.75, 3.05) is 0 Å². The van der Waals surface area contributed by atoms with Crippen molar-refractivity contribution in [2.45, 2.75) is 0 Å². The Kier molecular flexibility index (Phi) is 6.44. The quantitative estimate of drug-likeness (QED) is 0.221. The molecule has 4 rings (SSSR count). The minimum Gasteiger partial charge on any atom is -0.258 e. The number of hydrogen-bond donors (Lipinski definition) is 0. The summed E-state index contributed by atoms with van der Waals surface area (Å²) < 4.78 is 0. The van der Waals surface area contributed by atoms with Gasteiger partial charge in [0.2, 0.25) is 0 Å². The zero-order valence-corrected chi connectivity index (χ0v) is 17.8. The molecule has 4 aromatic carbocycles. The molecule has 0 aliphatic heterocycles. The van der Waals surface area contributed by atoms with Gasteiger partial charge < -0.3 is 0 Å². The van der Waals surface area contributed by atoms with Gasteiger partial charge in [0.15, 0.2) is 0 Å². The summed E-state index contributed by atoms with van der Waals surface area (Å²) in [6.07, 6.45) is 0. The van der Waals surface area contributed by atoms with Crippen molar-refractivity contribution in [3.05, 3.63) is 140 Å². The van der Waals surface area contributed by atoms with E-state index < -0.39 is 9.85 Å². The predicted octanol–water partition coefficient (Wildman–Crippen LogP) is 5.97. The highest BCUT2D eigenvalue weighted by atomic mass is 16.6. The normalized spacial score (nSPS) is 9.76. The molecule has 0 spiro atoms. The van der Waals surface area contributed by atoms with E-state index in [1.54, 1.807) is 24.3 Å². The first-order chi connectivity index (χ1) is 16.5. The van der Waals surface area contributed by atoms with Crippen LogP contribution in [0.1, 0.15) is 22.3 Å². The van der Waals surface area contributed by atoms with Gasteiger partial charge in [-0.2, -0.15) is 0 Å². The molecule has 0 aliphatic carbocycles. The van der Waals surface area contributed by atoms with Crippen LogP contribution in [0.3, 0.4) is 0 Å². The maximum Gasteiger partial charge on any atom is 0.269 e. The van der Waals surface area contributed by atoms with E-state index in [0.717, 1.165) is 22.3 Å². The molecule has 0 fully saturated rings. The lowest BCUT2D eigenvalue weighted by molar-refractivity contribution is -0.385. The first kappa shape index (κ1) is 22.0. The Morgan fingerprint density at radius 2 is 0.941 bits per heavy atom. The summed E-state index contributed by atoms with van der Waals surface area (Å²) in [5.74, 6) is 12.5. The maximum atomic E-state index is 10.9. The Balaban J connectivity index is 1.75. The van der Waals surface area contributed by atoms with Crippen LogP contribution in [0.25, 0.3) is 11.1 Å². The predicted molar refractivity (Wildman–Crippen MR) is 130 cm³/mol. The van der Waals surface area contributed by atoms with E-state index in [1.165, 1.54) is 24.3 Å². The molecule has 0 saturated carbocycles. The smallest absolute Gasteiger partial charge is 0.258 e. The molecule has 0 unspecified atom stereocenters. The number of nitro benzene ring substituents is 2. The topological polar surface area (TPSA) is 86.3 Å². The first-order valence-electron chi connectivity index (χ1n) is 10.2. The van der Waals surface area contributed by atoms with E-state index in [0.29, 0.717) is 11.1 Å². The third kappa shape index (κ3) is 5.16. The molecule has 0 N–H and O–H groups in total. The molecule has 6 heteroatoms. The second kappa shape index (κ2) is 9.95. The van der Waals surface area contributed by atoms with Crippen molar-refractivity contribution in [3.8, 4) is 34.8 Å². The summed E-state index contributed by atoms with van der Waals surface area (Å²) >= 11 is 0. The molecule has 34 heavy (non-hydrogen) atoms. The lowest BCUT2D eigenvalue weighted by atomic mass is 9.94. The Labute approximate surface area is 195 Å². The number of nitrogens with zero attached hydrogens (tertiary/aromatic N) is 2. The standard InChI is InChI=1S/C28H16N2O4/c31-29(32)26-17-11-21(12-18-26)9-15-24-7-4-8-25(28(24)23-5-2-1-3-6-23)16-10-22-13-19-27(20-14-22)30(33)34/h1-8,11-14,17-20H. The van der Waals surface area contributed by atoms with Gasteiger partial charge in [-0.15, -0.1) is 0 Å². The van der Waals surface area contributed by atoms with Gasteiger partial charge >= 0.3 is 0 Å². The number of benzene rings is 4. The summed E-state index contributed by atoms with van der Waals surface area (Å²) in [5, 5.41) is 21.7. The van der Waals surface area contributed by atoms with Crippen LogP contribution in [-0.4, -0.2) is 9.85 Å². The Bertz CT molecular complexity index is 1390. The van der Waals surface area contributed by atoms with Crippen LogP contribution >= 0.6 is 0 Å². The highest BCUT2D eigenvalue weighted by molar-refractivity contribution is 5.78. The number of rotatable bonds is 3. The monoisotopic (exact) mass is 444 g/mol. The Morgan fingerprint density at radius 3 is 1.35 bits per heavy atom. The summed E-state index contributed by atoms with van der Waals surface area (Å²) in [6, 6.07) is 27.6. The van der Waals surface area contributed by atoms with Gasteiger partial charge in [-0.1, -0.05) is 60.1 Å². The summed E-state index contributed by atoms with van der Waals surface area (Å²) in [4.78, 5) is 20.8. The van der Waals surface area contributed by atoms with Crippen molar-refractivity contribution >= 4 is 11.4 Å². The van der Waals surface area contributed by atoms with E-state index >= 15 is 0 Å². The first-order valence-corrected chi connectivity index (χ1v) is 10.2. The fourth-order valence-electron chi connectivity index (χ4n) is 3.29. The van der Waals surface area contributed by atoms with E-state index in [9.17, 15) is 20.2 Å². The molecule has 0 saturated heterocycles. The SMILES string of the molecule is O=[N+]([O-])c1ccc(C#Cc2cccc(C#Cc3ccc([N+](=O)[O-])cc3)c2-c2ccccc2)cc1. The highest BCUT2D eigenvalue weighted by Gasteiger charge is 2.09. The van der Waals surface area contributed by atoms with Crippen LogP contribution in [0.2, 0.25) is 0 Å². The largest absolute Gasteiger partial charge is 0.269 e. The van der Waals surface area contributed by atoms with Gasteiger partial charge in [0.25, 0.3) is 11.4 Å². The average molecular weight is 444 g/mol. The molecular weight excluding hydrogens is 428 g/mol. The van der Waals surface area contributed by atoms with Gasteiger partial charge in [0.05, 0.1) is 9.85 Å². The number of non-ortho nitro benzene ring substituents is 2. The zero-order chi connectivity index (χ0) is 23.9. The molecule has 162 valence electrons. The maximum absolute atomic E-state index is 10.9. The van der Waals surface area contributed by atoms with Crippen molar-refractivity contribution in [3.63, 3.8) is 0 Å². The second-order valence-corrected chi connectivity index (χ2v) is 7.20. The van der Waals surface area contributed by atoms with Crippen molar-refractivity contribution in [1.29, 1.82) is 0 Å². The average Bonchev–Trinajstić information content (AvgIpc) is 2.87. The summed E-state index contributed by atoms with van der Waals surface area (Å²) in [6.45, 7) is 0. The molecule has 6 nitrogen and oxygen atoms in total. The fraction of sp³-hybridized carbons (Fsp3) is 0. The van der Waals surface area contributed by atoms with Gasteiger partial charge in [-0.05, 0) is 42.0 Å². The molecule has 0 heterocycles. The van der Waals surface area contributed by atoms with Crippen LogP contribution in [0.4, 0.5) is 11.4 Å². The van der Waals surface area contributed by atoms with Gasteiger partial charge in [0.1, 0.15) is 0 Å². The van der Waals surface area contributed by atoms with Crippen LogP contribution in [0, 0.1) is 43.9 Å². The zero-order valence-electron chi connectivity index (χ0n) is 17.8. The highest BCUT2D eigenvalue weighted by Crippen LogP contribution is 2.27. The van der Waals surface area contributed by atoms with Gasteiger partial charge in [-0.3, -0.25) is 20.2 Å². The minimum absolute atomic E-state index is 0.0130. The van der Waals surface area contributed by atoms with E-state index in [4.69, 9.17) is 0 Å². The molecule has 0 aliphatic rings. The lowest BCUT2D eigenvalue weighted by Gasteiger charge is -2.08. The Hall–Kier alpha value is -5.20. The number of hydrogen-bond acceptors (Lipinski definition) is 4. The van der Waals surface area contributed by atoms with Crippen LogP contribution < -0.4 is 0 Å². The molecule has 0 radical (unpaired) electrons. The second-order valence-electron chi connectivity index (χ2n) is 7.20. The minimum atomic E-state index is -0.447. The summed E-state index contributed by atoms with van der Waals surface area (Å²) in [7, 11) is 0. The molecular formula is C28H16N2O4. The Morgan fingerprint density at radius 1 is 0.500 bits per heavy atom. The third-order valence-electron chi connectivity index (χ3n) is 4.97. The van der Waals surface area contributed by atoms with Crippen LogP contribution in [0.5, 0.6) is 0 Å². The van der Waals surface area contributed by atoms with Gasteiger partial charge in [-0.25, -0.2) is 0 Å². The van der Waals surface area contributed by atoms with E-state index in [-0.39, 0.29) is 11.4 Å². The lowest BCUT2D eigenvalue weighted by Crippen LogP contribution is -1.91. The van der Waals surface area contributed by atoms with Crippen molar-refractivity contribution in [2.24, 2.45) is 0 Å².